The molecular formula is C23H20N2O2S. The van der Waals surface area contributed by atoms with Gasteiger partial charge in [0.1, 0.15) is 5.75 Å². The minimum Gasteiger partial charge on any atom is -0.508 e. The molecular weight excluding hydrogens is 368 g/mol. The normalized spacial score (nSPS) is 11.4. The van der Waals surface area contributed by atoms with Gasteiger partial charge in [0.15, 0.2) is 0 Å². The maximum atomic E-state index is 13.1. The molecule has 0 unspecified atom stereocenters. The summed E-state index contributed by atoms with van der Waals surface area (Å²) in [4.78, 5) is 17.7. The molecule has 140 valence electrons. The molecule has 2 N–H and O–H groups in total. The minimum absolute atomic E-state index is 0.0883. The molecule has 4 nitrogen and oxygen atoms in total. The first-order valence-corrected chi connectivity index (χ1v) is 9.69. The summed E-state index contributed by atoms with van der Waals surface area (Å²) in [7, 11) is 0. The van der Waals surface area contributed by atoms with Crippen molar-refractivity contribution in [1.82, 2.24) is 0 Å². The fourth-order valence-corrected chi connectivity index (χ4v) is 3.64. The number of amides is 1. The molecule has 3 rings (SSSR count). The lowest BCUT2D eigenvalue weighted by Crippen LogP contribution is -2.14. The predicted octanol–water partition coefficient (Wildman–Crippen LogP) is 5.33. The molecule has 0 aliphatic rings. The Morgan fingerprint density at radius 3 is 2.29 bits per heavy atom. The Morgan fingerprint density at radius 1 is 0.964 bits per heavy atom. The van der Waals surface area contributed by atoms with Crippen LogP contribution in [0.15, 0.2) is 94.8 Å². The van der Waals surface area contributed by atoms with Crippen molar-refractivity contribution in [3.8, 4) is 5.75 Å². The molecule has 0 saturated carbocycles. The summed E-state index contributed by atoms with van der Waals surface area (Å²) in [6.45, 7) is 3.68. The van der Waals surface area contributed by atoms with Crippen LogP contribution in [0.2, 0.25) is 0 Å². The van der Waals surface area contributed by atoms with Gasteiger partial charge in [0.25, 0.3) is 5.91 Å². The van der Waals surface area contributed by atoms with Gasteiger partial charge in [-0.1, -0.05) is 66.7 Å². The molecule has 1 amide bonds. The van der Waals surface area contributed by atoms with Crippen molar-refractivity contribution >= 4 is 35.8 Å². The number of hydrogen-bond donors (Lipinski definition) is 2. The lowest BCUT2D eigenvalue weighted by molar-refractivity contribution is -0.112. The van der Waals surface area contributed by atoms with Crippen LogP contribution in [0.4, 0.5) is 5.69 Å². The third-order valence-electron chi connectivity index (χ3n) is 3.96. The molecule has 5 heteroatoms. The second kappa shape index (κ2) is 9.58. The number of carbonyl (C=O) groups excluding carboxylic acids is 1. The fraction of sp³-hybridized carbons (Fsp3) is 0.0435. The Kier molecular flexibility index (Phi) is 6.65. The van der Waals surface area contributed by atoms with E-state index in [4.69, 9.17) is 0 Å². The molecule has 3 aromatic rings. The second-order valence-corrected chi connectivity index (χ2v) is 6.97. The van der Waals surface area contributed by atoms with Crippen LogP contribution in [0.25, 0.3) is 5.70 Å². The Balaban J connectivity index is 1.94. The molecule has 0 fully saturated rings. The number of anilines is 1. The van der Waals surface area contributed by atoms with E-state index in [2.05, 4.69) is 17.0 Å². The number of aromatic hydroxyl groups is 1. The number of thioether (sulfide) groups is 1. The summed E-state index contributed by atoms with van der Waals surface area (Å²) >= 11 is 1.41. The van der Waals surface area contributed by atoms with Gasteiger partial charge in [-0.3, -0.25) is 9.79 Å². The van der Waals surface area contributed by atoms with Gasteiger partial charge in [-0.2, -0.15) is 0 Å². The van der Waals surface area contributed by atoms with Crippen molar-refractivity contribution in [3.63, 3.8) is 0 Å². The van der Waals surface area contributed by atoms with Gasteiger partial charge >= 0.3 is 0 Å². The minimum atomic E-state index is -0.294. The van der Waals surface area contributed by atoms with E-state index in [0.29, 0.717) is 22.0 Å². The van der Waals surface area contributed by atoms with E-state index in [1.807, 2.05) is 60.7 Å². The third kappa shape index (κ3) is 5.11. The van der Waals surface area contributed by atoms with Crippen LogP contribution >= 0.6 is 11.8 Å². The number of rotatable bonds is 7. The van der Waals surface area contributed by atoms with Crippen LogP contribution in [-0.2, 0) is 10.5 Å². The largest absolute Gasteiger partial charge is 0.508 e. The standard InChI is InChI=1S/C23H20N2O2S/c1-24-21(18-11-6-3-7-12-18)22(28-16-17-9-4-2-5-10-17)23(27)25-19-13-8-14-20(26)15-19/h2-15,26H,1,16H2,(H,25,27)/b22-21-. The van der Waals surface area contributed by atoms with Gasteiger partial charge in [-0.25, -0.2) is 0 Å². The lowest BCUT2D eigenvalue weighted by atomic mass is 10.1. The Labute approximate surface area is 168 Å². The lowest BCUT2D eigenvalue weighted by Gasteiger charge is -2.13. The summed E-state index contributed by atoms with van der Waals surface area (Å²) in [5.41, 5.74) is 2.96. The van der Waals surface area contributed by atoms with E-state index < -0.39 is 0 Å². The van der Waals surface area contributed by atoms with Gasteiger partial charge in [0.05, 0.1) is 10.6 Å². The summed E-state index contributed by atoms with van der Waals surface area (Å²) in [5, 5.41) is 12.5. The molecule has 28 heavy (non-hydrogen) atoms. The molecule has 0 atom stereocenters. The van der Waals surface area contributed by atoms with E-state index in [1.54, 1.807) is 18.2 Å². The van der Waals surface area contributed by atoms with E-state index in [-0.39, 0.29) is 11.7 Å². The maximum absolute atomic E-state index is 13.1. The number of benzene rings is 3. The molecule has 0 aliphatic heterocycles. The van der Waals surface area contributed by atoms with E-state index in [9.17, 15) is 9.90 Å². The Bertz CT molecular complexity index is 986. The smallest absolute Gasteiger partial charge is 0.264 e. The summed E-state index contributed by atoms with van der Waals surface area (Å²) in [6.07, 6.45) is 0. The first-order chi connectivity index (χ1) is 13.7. The summed E-state index contributed by atoms with van der Waals surface area (Å²) in [6, 6.07) is 25.9. The first kappa shape index (κ1) is 19.5. The molecule has 0 spiro atoms. The number of nitrogens with one attached hydrogen (secondary N) is 1. The van der Waals surface area contributed by atoms with Crippen molar-refractivity contribution < 1.29 is 9.90 Å². The van der Waals surface area contributed by atoms with Gasteiger partial charge in [0, 0.05) is 23.1 Å². The highest BCUT2D eigenvalue weighted by Gasteiger charge is 2.18. The molecule has 0 radical (unpaired) electrons. The van der Waals surface area contributed by atoms with Crippen LogP contribution in [-0.4, -0.2) is 17.7 Å². The SMILES string of the molecule is C=N/C(=C(\SCc1ccccc1)C(=O)Nc1cccc(O)c1)c1ccccc1. The monoisotopic (exact) mass is 388 g/mol. The Hall–Kier alpha value is -3.31. The Morgan fingerprint density at radius 2 is 1.64 bits per heavy atom. The number of phenolic OH excluding ortho intramolecular Hbond substituents is 1. The van der Waals surface area contributed by atoms with Crippen molar-refractivity contribution in [3.05, 3.63) is 101 Å². The number of phenols is 1. The quantitative estimate of drug-likeness (QED) is 0.425. The maximum Gasteiger partial charge on any atom is 0.264 e. The molecule has 0 aliphatic carbocycles. The van der Waals surface area contributed by atoms with Gasteiger partial charge in [0.2, 0.25) is 0 Å². The zero-order valence-corrected chi connectivity index (χ0v) is 16.0. The number of aliphatic imine (C=N–C) groups is 1. The van der Waals surface area contributed by atoms with Crippen LogP contribution < -0.4 is 5.32 Å². The molecule has 0 saturated heterocycles. The van der Waals surface area contributed by atoms with Crippen LogP contribution in [0, 0.1) is 0 Å². The van der Waals surface area contributed by atoms with Gasteiger partial charge in [-0.15, -0.1) is 11.8 Å². The molecule has 0 bridgehead atoms. The van der Waals surface area contributed by atoms with Crippen molar-refractivity contribution in [1.29, 1.82) is 0 Å². The van der Waals surface area contributed by atoms with Crippen LogP contribution in [0.5, 0.6) is 5.75 Å². The number of nitrogens with zero attached hydrogens (tertiary/aromatic N) is 1. The molecule has 0 aromatic heterocycles. The van der Waals surface area contributed by atoms with Crippen molar-refractivity contribution in [2.75, 3.05) is 5.32 Å². The van der Waals surface area contributed by atoms with E-state index in [0.717, 1.165) is 11.1 Å². The number of hydrogen-bond acceptors (Lipinski definition) is 4. The second-order valence-electron chi connectivity index (χ2n) is 5.98. The first-order valence-electron chi connectivity index (χ1n) is 8.71. The van der Waals surface area contributed by atoms with E-state index >= 15 is 0 Å². The topological polar surface area (TPSA) is 61.7 Å². The highest BCUT2D eigenvalue weighted by atomic mass is 32.2. The molecule has 3 aromatic carbocycles. The molecule has 0 heterocycles. The van der Waals surface area contributed by atoms with Crippen molar-refractivity contribution in [2.24, 2.45) is 4.99 Å². The van der Waals surface area contributed by atoms with E-state index in [1.165, 1.54) is 17.8 Å². The highest BCUT2D eigenvalue weighted by molar-refractivity contribution is 8.03. The highest BCUT2D eigenvalue weighted by Crippen LogP contribution is 2.31. The van der Waals surface area contributed by atoms with Crippen LogP contribution in [0.1, 0.15) is 11.1 Å². The van der Waals surface area contributed by atoms with Crippen LogP contribution in [0.3, 0.4) is 0 Å². The summed E-state index contributed by atoms with van der Waals surface area (Å²) < 4.78 is 0. The summed E-state index contributed by atoms with van der Waals surface area (Å²) in [5.74, 6) is 0.415. The average molecular weight is 388 g/mol. The fourth-order valence-electron chi connectivity index (χ4n) is 2.63. The van der Waals surface area contributed by atoms with Crippen molar-refractivity contribution in [2.45, 2.75) is 5.75 Å². The third-order valence-corrected chi connectivity index (χ3v) is 5.10. The number of carbonyl (C=O) groups is 1. The zero-order valence-electron chi connectivity index (χ0n) is 15.2. The van der Waals surface area contributed by atoms with Gasteiger partial charge in [-0.05, 0) is 24.4 Å². The van der Waals surface area contributed by atoms with Gasteiger partial charge < -0.3 is 10.4 Å². The average Bonchev–Trinajstić information content (AvgIpc) is 2.72. The predicted molar refractivity (Wildman–Crippen MR) is 117 cm³/mol. The zero-order chi connectivity index (χ0) is 19.8.